The Balaban J connectivity index is 1.37. The molecule has 5 rings (SSSR count). The highest BCUT2D eigenvalue weighted by Gasteiger charge is 2.57. The highest BCUT2D eigenvalue weighted by molar-refractivity contribution is 7.92. The lowest BCUT2D eigenvalue weighted by molar-refractivity contribution is -0.134. The third-order valence-corrected chi connectivity index (χ3v) is 6.85. The Labute approximate surface area is 174 Å². The number of pyridine rings is 1. The van der Waals surface area contributed by atoms with E-state index < -0.39 is 21.0 Å². The number of nitrogens with one attached hydrogen (secondary N) is 1. The van der Waals surface area contributed by atoms with E-state index >= 15 is 0 Å². The summed E-state index contributed by atoms with van der Waals surface area (Å²) in [5, 5.41) is 0. The number of benzene rings is 1. The predicted molar refractivity (Wildman–Crippen MR) is 108 cm³/mol. The number of ether oxygens (including phenoxy) is 1. The topological polar surface area (TPSA) is 106 Å². The Morgan fingerprint density at radius 3 is 2.57 bits per heavy atom. The first-order valence-electron chi connectivity index (χ1n) is 9.78. The van der Waals surface area contributed by atoms with Crippen LogP contribution in [0.1, 0.15) is 40.7 Å². The number of carbonyl (C=O) groups is 2. The molecule has 1 aromatic carbocycles. The maximum atomic E-state index is 13.4. The van der Waals surface area contributed by atoms with Gasteiger partial charge in [0.2, 0.25) is 15.9 Å². The van der Waals surface area contributed by atoms with Crippen LogP contribution >= 0.6 is 0 Å². The van der Waals surface area contributed by atoms with Crippen LogP contribution in [-0.2, 0) is 30.6 Å². The molecule has 30 heavy (non-hydrogen) atoms. The second-order valence-electron chi connectivity index (χ2n) is 8.32. The highest BCUT2D eigenvalue weighted by atomic mass is 32.2. The second kappa shape index (κ2) is 6.28. The lowest BCUT2D eigenvalue weighted by atomic mass is 9.92. The van der Waals surface area contributed by atoms with Crippen LogP contribution in [0, 0.1) is 0 Å². The van der Waals surface area contributed by atoms with Crippen LogP contribution in [0.2, 0.25) is 0 Å². The summed E-state index contributed by atoms with van der Waals surface area (Å²) < 4.78 is 31.0. The van der Waals surface area contributed by atoms with E-state index in [1.54, 1.807) is 41.4 Å². The molecule has 3 aliphatic rings. The van der Waals surface area contributed by atoms with Gasteiger partial charge in [0.15, 0.2) is 5.60 Å². The number of amides is 1. The minimum Gasteiger partial charge on any atom is -0.449 e. The number of esters is 1. The average Bonchev–Trinajstić information content (AvgIpc) is 3.33. The summed E-state index contributed by atoms with van der Waals surface area (Å²) in [5.74, 6) is -0.357. The lowest BCUT2D eigenvalue weighted by Gasteiger charge is -2.27. The fourth-order valence-corrected chi connectivity index (χ4v) is 5.19. The monoisotopic (exact) mass is 427 g/mol. The number of likely N-dealkylation sites (tertiary alicyclic amines) is 1. The number of fused-ring (bicyclic) bond motifs is 2. The van der Waals surface area contributed by atoms with Crippen LogP contribution in [0.15, 0.2) is 42.7 Å². The molecule has 2 aromatic rings. The van der Waals surface area contributed by atoms with Gasteiger partial charge in [-0.3, -0.25) is 14.5 Å². The summed E-state index contributed by atoms with van der Waals surface area (Å²) in [6.45, 7) is 0.855. The molecule has 2 fully saturated rings. The number of hydrogen-bond acceptors (Lipinski definition) is 6. The maximum absolute atomic E-state index is 13.4. The van der Waals surface area contributed by atoms with Crippen molar-refractivity contribution in [2.75, 3.05) is 24.1 Å². The van der Waals surface area contributed by atoms with Gasteiger partial charge in [0.1, 0.15) is 0 Å². The van der Waals surface area contributed by atoms with Crippen molar-refractivity contribution in [1.29, 1.82) is 0 Å². The third kappa shape index (κ3) is 2.96. The Morgan fingerprint density at radius 1 is 1.17 bits per heavy atom. The normalized spacial score (nSPS) is 23.9. The smallest absolute Gasteiger partial charge is 0.341 e. The van der Waals surface area contributed by atoms with Gasteiger partial charge < -0.3 is 9.64 Å². The van der Waals surface area contributed by atoms with E-state index in [2.05, 4.69) is 9.71 Å². The Morgan fingerprint density at radius 2 is 1.90 bits per heavy atom. The first-order valence-corrected chi connectivity index (χ1v) is 11.7. The molecule has 156 valence electrons. The molecule has 1 amide bonds. The molecule has 1 aliphatic carbocycles. The Hall–Kier alpha value is -2.94. The van der Waals surface area contributed by atoms with E-state index in [-0.39, 0.29) is 11.9 Å². The number of sulfonamides is 1. The van der Waals surface area contributed by atoms with Crippen LogP contribution in [0.25, 0.3) is 0 Å². The van der Waals surface area contributed by atoms with Gasteiger partial charge in [-0.05, 0) is 36.6 Å². The number of carbonyl (C=O) groups excluding carboxylic acids is 2. The summed E-state index contributed by atoms with van der Waals surface area (Å²) >= 11 is 0. The van der Waals surface area contributed by atoms with E-state index in [1.165, 1.54) is 6.20 Å². The quantitative estimate of drug-likeness (QED) is 0.746. The molecule has 8 nitrogen and oxygen atoms in total. The predicted octanol–water partition coefficient (Wildman–Crippen LogP) is 1.78. The number of anilines is 1. The van der Waals surface area contributed by atoms with Crippen molar-refractivity contribution in [3.05, 3.63) is 59.4 Å². The molecule has 3 heterocycles. The van der Waals surface area contributed by atoms with Crippen LogP contribution in [0.5, 0.6) is 0 Å². The largest absolute Gasteiger partial charge is 0.449 e. The summed E-state index contributed by atoms with van der Waals surface area (Å²) in [6, 6.07) is 8.77. The fraction of sp³-hybridized carbons (Fsp3) is 0.381. The molecule has 0 radical (unpaired) electrons. The van der Waals surface area contributed by atoms with Crippen molar-refractivity contribution in [3.63, 3.8) is 0 Å². The minimum atomic E-state index is -3.35. The second-order valence-corrected chi connectivity index (χ2v) is 10.1. The van der Waals surface area contributed by atoms with Crippen LogP contribution in [0.4, 0.5) is 5.69 Å². The summed E-state index contributed by atoms with van der Waals surface area (Å²) in [7, 11) is -3.35. The van der Waals surface area contributed by atoms with Crippen molar-refractivity contribution in [2.45, 2.75) is 30.3 Å². The molecular formula is C21H21N3O5S. The molecule has 1 saturated carbocycles. The molecule has 0 bridgehead atoms. The molecule has 1 N–H and O–H groups in total. The van der Waals surface area contributed by atoms with Gasteiger partial charge in [0.05, 0.1) is 23.8 Å². The standard InChI is InChI=1S/C21H21N3O5S/c1-30(27,28)23-15-4-2-14(3-5-15)20(7-8-20)19(26)24-11-9-21(13-24)17-6-10-22-12-16(17)18(25)29-21/h2-6,10,12,23H,7-9,11,13H2,1H3. The van der Waals surface area contributed by atoms with Gasteiger partial charge in [0, 0.05) is 36.6 Å². The van der Waals surface area contributed by atoms with Gasteiger partial charge in [0.25, 0.3) is 0 Å². The zero-order chi connectivity index (χ0) is 21.1. The molecule has 1 spiro atoms. The Bertz CT molecular complexity index is 1160. The Kier molecular flexibility index (Phi) is 3.99. The van der Waals surface area contributed by atoms with Crippen molar-refractivity contribution in [3.8, 4) is 0 Å². The van der Waals surface area contributed by atoms with Crippen molar-refractivity contribution >= 4 is 27.6 Å². The number of rotatable bonds is 4. The van der Waals surface area contributed by atoms with Crippen LogP contribution in [-0.4, -0.2) is 49.5 Å². The molecule has 9 heteroatoms. The van der Waals surface area contributed by atoms with E-state index in [0.717, 1.165) is 30.2 Å². The van der Waals surface area contributed by atoms with Gasteiger partial charge in [-0.2, -0.15) is 0 Å². The molecule has 1 saturated heterocycles. The number of nitrogens with zero attached hydrogens (tertiary/aromatic N) is 2. The average molecular weight is 427 g/mol. The summed E-state index contributed by atoms with van der Waals surface area (Å²) in [6.07, 6.45) is 6.31. The molecular weight excluding hydrogens is 406 g/mol. The van der Waals surface area contributed by atoms with Crippen molar-refractivity contribution < 1.29 is 22.7 Å². The molecule has 2 aliphatic heterocycles. The molecule has 1 aromatic heterocycles. The minimum absolute atomic E-state index is 0.0294. The van der Waals surface area contributed by atoms with Crippen molar-refractivity contribution in [2.24, 2.45) is 0 Å². The maximum Gasteiger partial charge on any atom is 0.341 e. The van der Waals surface area contributed by atoms with Crippen LogP contribution in [0.3, 0.4) is 0 Å². The highest BCUT2D eigenvalue weighted by Crippen LogP contribution is 2.52. The lowest BCUT2D eigenvalue weighted by Crippen LogP contribution is -2.40. The molecule has 1 unspecified atom stereocenters. The SMILES string of the molecule is CS(=O)(=O)Nc1ccc(C2(C(=O)N3CCC4(C3)OC(=O)c3cnccc34)CC2)cc1. The van der Waals surface area contributed by atoms with E-state index in [0.29, 0.717) is 30.8 Å². The van der Waals surface area contributed by atoms with Gasteiger partial charge in [-0.1, -0.05) is 12.1 Å². The van der Waals surface area contributed by atoms with E-state index in [9.17, 15) is 18.0 Å². The summed E-state index contributed by atoms with van der Waals surface area (Å²) in [5.41, 5.74) is 1.25. The fourth-order valence-electron chi connectivity index (χ4n) is 4.63. The third-order valence-electron chi connectivity index (χ3n) is 6.24. The first-order chi connectivity index (χ1) is 14.2. The van der Waals surface area contributed by atoms with Gasteiger partial charge >= 0.3 is 5.97 Å². The zero-order valence-electron chi connectivity index (χ0n) is 16.4. The number of aromatic nitrogens is 1. The van der Waals surface area contributed by atoms with E-state index in [4.69, 9.17) is 4.74 Å². The van der Waals surface area contributed by atoms with E-state index in [1.807, 2.05) is 0 Å². The zero-order valence-corrected chi connectivity index (χ0v) is 17.2. The van der Waals surface area contributed by atoms with Gasteiger partial charge in [-0.15, -0.1) is 0 Å². The summed E-state index contributed by atoms with van der Waals surface area (Å²) in [4.78, 5) is 31.5. The van der Waals surface area contributed by atoms with Crippen LogP contribution < -0.4 is 4.72 Å². The first kappa shape index (κ1) is 19.0. The molecule has 1 atom stereocenters. The number of hydrogen-bond donors (Lipinski definition) is 1. The van der Waals surface area contributed by atoms with Crippen molar-refractivity contribution in [1.82, 2.24) is 9.88 Å². The van der Waals surface area contributed by atoms with Gasteiger partial charge in [-0.25, -0.2) is 13.2 Å².